The first-order chi connectivity index (χ1) is 10.4. The molecule has 0 radical (unpaired) electrons. The molecule has 1 N–H and O–H groups in total. The molecule has 2 heterocycles. The van der Waals surface area contributed by atoms with Gasteiger partial charge in [-0.1, -0.05) is 12.8 Å². The zero-order valence-electron chi connectivity index (χ0n) is 13.8. The van der Waals surface area contributed by atoms with Crippen LogP contribution in [0.2, 0.25) is 0 Å². The van der Waals surface area contributed by atoms with Crippen LogP contribution in [0.25, 0.3) is 0 Å². The molecule has 0 bridgehead atoms. The normalized spacial score (nSPS) is 29.5. The Labute approximate surface area is 132 Å². The van der Waals surface area contributed by atoms with E-state index in [2.05, 4.69) is 37.0 Å². The summed E-state index contributed by atoms with van der Waals surface area (Å²) in [4.78, 5) is 13.9. The van der Waals surface area contributed by atoms with Gasteiger partial charge in [0.05, 0.1) is 11.7 Å². The number of nitrogens with zero attached hydrogens (tertiary/aromatic N) is 3. The molecule has 0 aromatic carbocycles. The van der Waals surface area contributed by atoms with Crippen LogP contribution in [0, 0.1) is 5.92 Å². The number of hydrogen-bond donors (Lipinski definition) is 1. The van der Waals surface area contributed by atoms with Gasteiger partial charge in [0, 0.05) is 24.3 Å². The SMILES string of the molecule is CC(C)(C)n1cc(CN2C(C(=O)O)CC3CCCCC32)cn1. The lowest BCUT2D eigenvalue weighted by Crippen LogP contribution is -2.41. The smallest absolute Gasteiger partial charge is 0.320 e. The van der Waals surface area contributed by atoms with Crippen LogP contribution in [-0.2, 0) is 16.9 Å². The summed E-state index contributed by atoms with van der Waals surface area (Å²) in [6.07, 6.45) is 9.57. The van der Waals surface area contributed by atoms with Crippen molar-refractivity contribution in [2.45, 2.75) is 77.0 Å². The topological polar surface area (TPSA) is 58.4 Å². The molecule has 1 saturated carbocycles. The Morgan fingerprint density at radius 1 is 1.36 bits per heavy atom. The van der Waals surface area contributed by atoms with Crippen molar-refractivity contribution in [3.8, 4) is 0 Å². The first-order valence-electron chi connectivity index (χ1n) is 8.39. The molecule has 22 heavy (non-hydrogen) atoms. The highest BCUT2D eigenvalue weighted by Gasteiger charge is 2.45. The van der Waals surface area contributed by atoms with Crippen molar-refractivity contribution >= 4 is 5.97 Å². The van der Waals surface area contributed by atoms with Gasteiger partial charge in [-0.25, -0.2) is 0 Å². The Kier molecular flexibility index (Phi) is 4.02. The van der Waals surface area contributed by atoms with Gasteiger partial charge < -0.3 is 5.11 Å². The molecule has 122 valence electrons. The van der Waals surface area contributed by atoms with E-state index >= 15 is 0 Å². The summed E-state index contributed by atoms with van der Waals surface area (Å²) in [6, 6.07) is 0.110. The van der Waals surface area contributed by atoms with Gasteiger partial charge in [0.2, 0.25) is 0 Å². The Morgan fingerprint density at radius 3 is 2.73 bits per heavy atom. The molecule has 5 heteroatoms. The van der Waals surface area contributed by atoms with E-state index < -0.39 is 5.97 Å². The number of likely N-dealkylation sites (tertiary alicyclic amines) is 1. The van der Waals surface area contributed by atoms with Crippen LogP contribution < -0.4 is 0 Å². The maximum absolute atomic E-state index is 11.6. The minimum Gasteiger partial charge on any atom is -0.480 e. The highest BCUT2D eigenvalue weighted by Crippen LogP contribution is 2.40. The van der Waals surface area contributed by atoms with E-state index in [-0.39, 0.29) is 11.6 Å². The molecule has 1 aromatic rings. The molecule has 0 amide bonds. The monoisotopic (exact) mass is 305 g/mol. The van der Waals surface area contributed by atoms with Crippen LogP contribution in [0.3, 0.4) is 0 Å². The lowest BCUT2D eigenvalue weighted by molar-refractivity contribution is -0.142. The summed E-state index contributed by atoms with van der Waals surface area (Å²) in [7, 11) is 0. The van der Waals surface area contributed by atoms with Crippen molar-refractivity contribution in [1.82, 2.24) is 14.7 Å². The van der Waals surface area contributed by atoms with Crippen LogP contribution >= 0.6 is 0 Å². The molecule has 1 aromatic heterocycles. The Hall–Kier alpha value is -1.36. The fourth-order valence-electron chi connectivity index (χ4n) is 4.04. The number of carbonyl (C=O) groups is 1. The number of carboxylic acid groups (broad SMARTS) is 1. The number of carboxylic acids is 1. The first kappa shape index (κ1) is 15.5. The van der Waals surface area contributed by atoms with Crippen molar-refractivity contribution in [2.75, 3.05) is 0 Å². The van der Waals surface area contributed by atoms with Crippen molar-refractivity contribution in [2.24, 2.45) is 5.92 Å². The van der Waals surface area contributed by atoms with Crippen LogP contribution in [-0.4, -0.2) is 37.8 Å². The molecule has 1 aliphatic heterocycles. The number of hydrogen-bond acceptors (Lipinski definition) is 3. The molecule has 2 fully saturated rings. The summed E-state index contributed by atoms with van der Waals surface area (Å²) < 4.78 is 1.96. The van der Waals surface area contributed by atoms with Crippen LogP contribution in [0.4, 0.5) is 0 Å². The fraction of sp³-hybridized carbons (Fsp3) is 0.765. The number of fused-ring (bicyclic) bond motifs is 1. The van der Waals surface area contributed by atoms with E-state index in [1.54, 1.807) is 0 Å². The molecule has 1 aliphatic carbocycles. The molecule has 2 aliphatic rings. The van der Waals surface area contributed by atoms with E-state index in [1.807, 2.05) is 10.9 Å². The van der Waals surface area contributed by atoms with E-state index in [0.29, 0.717) is 18.5 Å². The third-order valence-electron chi connectivity index (χ3n) is 5.19. The predicted octanol–water partition coefficient (Wildman–Crippen LogP) is 2.86. The van der Waals surface area contributed by atoms with Gasteiger partial charge in [0.25, 0.3) is 0 Å². The fourth-order valence-corrected chi connectivity index (χ4v) is 4.04. The van der Waals surface area contributed by atoms with Gasteiger partial charge in [0.15, 0.2) is 0 Å². The molecule has 1 saturated heterocycles. The van der Waals surface area contributed by atoms with E-state index in [1.165, 1.54) is 19.3 Å². The maximum Gasteiger partial charge on any atom is 0.320 e. The lowest BCUT2D eigenvalue weighted by Gasteiger charge is -2.32. The standard InChI is InChI=1S/C17H27N3O2/c1-17(2,3)20-11-12(9-18-20)10-19-14-7-5-4-6-13(14)8-15(19)16(21)22/h9,11,13-15H,4-8,10H2,1-3H3,(H,21,22). The van der Waals surface area contributed by atoms with Crippen LogP contribution in [0.1, 0.15) is 58.4 Å². The summed E-state index contributed by atoms with van der Waals surface area (Å²) >= 11 is 0. The Balaban J connectivity index is 1.79. The average molecular weight is 305 g/mol. The molecular formula is C17H27N3O2. The van der Waals surface area contributed by atoms with Crippen molar-refractivity contribution < 1.29 is 9.90 Å². The second kappa shape index (κ2) is 5.69. The average Bonchev–Trinajstić information content (AvgIpc) is 3.04. The molecular weight excluding hydrogens is 278 g/mol. The van der Waals surface area contributed by atoms with E-state index in [0.717, 1.165) is 18.4 Å². The highest BCUT2D eigenvalue weighted by atomic mass is 16.4. The zero-order chi connectivity index (χ0) is 15.9. The Morgan fingerprint density at radius 2 is 2.09 bits per heavy atom. The summed E-state index contributed by atoms with van der Waals surface area (Å²) in [5.74, 6) is -0.106. The third-order valence-corrected chi connectivity index (χ3v) is 5.19. The van der Waals surface area contributed by atoms with Crippen LogP contribution in [0.5, 0.6) is 0 Å². The lowest BCUT2D eigenvalue weighted by atomic mass is 9.85. The third kappa shape index (κ3) is 2.91. The maximum atomic E-state index is 11.6. The van der Waals surface area contributed by atoms with E-state index in [9.17, 15) is 9.90 Å². The molecule has 5 nitrogen and oxygen atoms in total. The number of aromatic nitrogens is 2. The highest BCUT2D eigenvalue weighted by molar-refractivity contribution is 5.74. The molecule has 0 spiro atoms. The van der Waals surface area contributed by atoms with Gasteiger partial charge in [-0.05, 0) is 46.0 Å². The van der Waals surface area contributed by atoms with Gasteiger partial charge in [0.1, 0.15) is 6.04 Å². The van der Waals surface area contributed by atoms with Gasteiger partial charge >= 0.3 is 5.97 Å². The molecule has 3 rings (SSSR count). The zero-order valence-corrected chi connectivity index (χ0v) is 13.8. The summed E-state index contributed by atoms with van der Waals surface area (Å²) in [6.45, 7) is 7.07. The van der Waals surface area contributed by atoms with Gasteiger partial charge in [-0.15, -0.1) is 0 Å². The molecule has 3 atom stereocenters. The summed E-state index contributed by atoms with van der Waals surface area (Å²) in [5.41, 5.74) is 1.08. The quantitative estimate of drug-likeness (QED) is 0.933. The second-order valence-corrected chi connectivity index (χ2v) is 7.84. The number of rotatable bonds is 3. The van der Waals surface area contributed by atoms with Crippen molar-refractivity contribution in [3.63, 3.8) is 0 Å². The predicted molar refractivity (Wildman–Crippen MR) is 84.6 cm³/mol. The van der Waals surface area contributed by atoms with Crippen molar-refractivity contribution in [3.05, 3.63) is 18.0 Å². The van der Waals surface area contributed by atoms with Gasteiger partial charge in [-0.3, -0.25) is 14.4 Å². The Bertz CT molecular complexity index is 546. The van der Waals surface area contributed by atoms with E-state index in [4.69, 9.17) is 0 Å². The minimum atomic E-state index is -0.669. The second-order valence-electron chi connectivity index (χ2n) is 7.84. The van der Waals surface area contributed by atoms with Crippen LogP contribution in [0.15, 0.2) is 12.4 Å². The largest absolute Gasteiger partial charge is 0.480 e. The first-order valence-corrected chi connectivity index (χ1v) is 8.39. The van der Waals surface area contributed by atoms with Crippen molar-refractivity contribution in [1.29, 1.82) is 0 Å². The molecule has 3 unspecified atom stereocenters. The number of aliphatic carboxylic acids is 1. The summed E-state index contributed by atoms with van der Waals surface area (Å²) in [5, 5.41) is 14.0. The minimum absolute atomic E-state index is 0.0389. The van der Waals surface area contributed by atoms with Gasteiger partial charge in [-0.2, -0.15) is 5.10 Å².